The fourth-order valence-corrected chi connectivity index (χ4v) is 1.75. The summed E-state index contributed by atoms with van der Waals surface area (Å²) in [5.41, 5.74) is 0. The summed E-state index contributed by atoms with van der Waals surface area (Å²) in [6, 6.07) is -0.0809. The van der Waals surface area contributed by atoms with Crippen molar-refractivity contribution in [2.45, 2.75) is 25.8 Å². The number of likely N-dealkylation sites (tertiary alicyclic amines) is 1. The van der Waals surface area contributed by atoms with Crippen molar-refractivity contribution >= 4 is 5.91 Å². The van der Waals surface area contributed by atoms with Gasteiger partial charge in [-0.1, -0.05) is 0 Å². The molecule has 1 fully saturated rings. The van der Waals surface area contributed by atoms with E-state index in [9.17, 15) is 4.79 Å². The number of carbonyl (C=O) groups is 1. The Labute approximate surface area is 86.0 Å². The maximum atomic E-state index is 11.2. The van der Waals surface area contributed by atoms with Crippen molar-refractivity contribution in [2.24, 2.45) is 0 Å². The molecule has 0 radical (unpaired) electrons. The van der Waals surface area contributed by atoms with Crippen LogP contribution in [0.1, 0.15) is 19.8 Å². The molecule has 1 rings (SSSR count). The van der Waals surface area contributed by atoms with Crippen LogP contribution in [0.5, 0.6) is 0 Å². The number of hydrogen-bond acceptors (Lipinski definition) is 3. The highest BCUT2D eigenvalue weighted by Gasteiger charge is 2.13. The monoisotopic (exact) mass is 199 g/mol. The largest absolute Gasteiger partial charge is 0.358 e. The SMILES string of the molecule is CNC(=O)C(C)NCCN1CCCC1. The highest BCUT2D eigenvalue weighted by atomic mass is 16.2. The van der Waals surface area contributed by atoms with Gasteiger partial charge in [0.15, 0.2) is 0 Å². The van der Waals surface area contributed by atoms with Crippen molar-refractivity contribution in [3.8, 4) is 0 Å². The second-order valence-corrected chi connectivity index (χ2v) is 3.84. The molecule has 0 aromatic rings. The fourth-order valence-electron chi connectivity index (χ4n) is 1.75. The highest BCUT2D eigenvalue weighted by Crippen LogP contribution is 2.05. The van der Waals surface area contributed by atoms with Gasteiger partial charge in [-0.05, 0) is 32.9 Å². The first-order valence-corrected chi connectivity index (χ1v) is 5.41. The van der Waals surface area contributed by atoms with E-state index in [0.717, 1.165) is 13.1 Å². The fraction of sp³-hybridized carbons (Fsp3) is 0.900. The van der Waals surface area contributed by atoms with Crippen molar-refractivity contribution in [3.05, 3.63) is 0 Å². The van der Waals surface area contributed by atoms with Crippen LogP contribution in [0.2, 0.25) is 0 Å². The van der Waals surface area contributed by atoms with Crippen molar-refractivity contribution in [2.75, 3.05) is 33.2 Å². The van der Waals surface area contributed by atoms with Crippen LogP contribution in [-0.4, -0.2) is 50.1 Å². The number of rotatable bonds is 5. The zero-order chi connectivity index (χ0) is 10.4. The second kappa shape index (κ2) is 5.98. The third-order valence-corrected chi connectivity index (χ3v) is 2.72. The minimum Gasteiger partial charge on any atom is -0.358 e. The van der Waals surface area contributed by atoms with Gasteiger partial charge < -0.3 is 15.5 Å². The zero-order valence-electron chi connectivity index (χ0n) is 9.18. The third-order valence-electron chi connectivity index (χ3n) is 2.72. The van der Waals surface area contributed by atoms with Gasteiger partial charge in [-0.25, -0.2) is 0 Å². The lowest BCUT2D eigenvalue weighted by atomic mass is 10.3. The summed E-state index contributed by atoms with van der Waals surface area (Å²) in [4.78, 5) is 13.6. The molecule has 1 saturated heterocycles. The molecule has 4 heteroatoms. The molecule has 4 nitrogen and oxygen atoms in total. The summed E-state index contributed by atoms with van der Waals surface area (Å²) in [6.45, 7) is 6.28. The van der Waals surface area contributed by atoms with Crippen LogP contribution in [0.15, 0.2) is 0 Å². The Morgan fingerprint density at radius 2 is 2.07 bits per heavy atom. The Balaban J connectivity index is 2.05. The number of hydrogen-bond donors (Lipinski definition) is 2. The lowest BCUT2D eigenvalue weighted by Crippen LogP contribution is -2.43. The van der Waals surface area contributed by atoms with Gasteiger partial charge >= 0.3 is 0 Å². The zero-order valence-corrected chi connectivity index (χ0v) is 9.18. The number of carbonyl (C=O) groups excluding carboxylic acids is 1. The molecule has 0 bridgehead atoms. The molecular weight excluding hydrogens is 178 g/mol. The van der Waals surface area contributed by atoms with Gasteiger partial charge in [0, 0.05) is 20.1 Å². The Morgan fingerprint density at radius 1 is 1.43 bits per heavy atom. The first-order chi connectivity index (χ1) is 6.74. The van der Waals surface area contributed by atoms with E-state index in [1.54, 1.807) is 7.05 Å². The Bertz CT molecular complexity index is 178. The molecule has 14 heavy (non-hydrogen) atoms. The van der Waals surface area contributed by atoms with Crippen LogP contribution < -0.4 is 10.6 Å². The third kappa shape index (κ3) is 3.64. The van der Waals surface area contributed by atoms with Crippen LogP contribution in [0.4, 0.5) is 0 Å². The Kier molecular flexibility index (Phi) is 4.90. The average Bonchev–Trinajstić information content (AvgIpc) is 2.69. The van der Waals surface area contributed by atoms with Gasteiger partial charge in [-0.2, -0.15) is 0 Å². The first-order valence-electron chi connectivity index (χ1n) is 5.41. The van der Waals surface area contributed by atoms with Crippen LogP contribution >= 0.6 is 0 Å². The molecule has 0 aromatic heterocycles. The maximum absolute atomic E-state index is 11.2. The smallest absolute Gasteiger partial charge is 0.236 e. The number of amides is 1. The van der Waals surface area contributed by atoms with E-state index in [-0.39, 0.29) is 11.9 Å². The van der Waals surface area contributed by atoms with Gasteiger partial charge in [0.2, 0.25) is 5.91 Å². The number of nitrogens with zero attached hydrogens (tertiary/aromatic N) is 1. The first kappa shape index (κ1) is 11.5. The second-order valence-electron chi connectivity index (χ2n) is 3.84. The molecule has 1 atom stereocenters. The van der Waals surface area contributed by atoms with E-state index in [1.807, 2.05) is 6.92 Å². The maximum Gasteiger partial charge on any atom is 0.236 e. The molecule has 82 valence electrons. The van der Waals surface area contributed by atoms with Crippen LogP contribution in [0.3, 0.4) is 0 Å². The molecule has 1 amide bonds. The van der Waals surface area contributed by atoms with Gasteiger partial charge in [-0.15, -0.1) is 0 Å². The predicted molar refractivity (Wildman–Crippen MR) is 57.2 cm³/mol. The summed E-state index contributed by atoms with van der Waals surface area (Å²) >= 11 is 0. The molecule has 2 N–H and O–H groups in total. The quantitative estimate of drug-likeness (QED) is 0.645. The molecule has 0 spiro atoms. The minimum absolute atomic E-state index is 0.0615. The van der Waals surface area contributed by atoms with Gasteiger partial charge in [-0.3, -0.25) is 4.79 Å². The number of nitrogens with one attached hydrogen (secondary N) is 2. The van der Waals surface area contributed by atoms with Gasteiger partial charge in [0.1, 0.15) is 0 Å². The molecule has 1 aliphatic rings. The summed E-state index contributed by atoms with van der Waals surface area (Å²) in [5, 5.41) is 5.83. The summed E-state index contributed by atoms with van der Waals surface area (Å²) in [7, 11) is 1.67. The molecule has 1 unspecified atom stereocenters. The van der Waals surface area contributed by atoms with E-state index < -0.39 is 0 Å². The molecule has 1 heterocycles. The van der Waals surface area contributed by atoms with E-state index in [1.165, 1.54) is 25.9 Å². The van der Waals surface area contributed by atoms with Crippen LogP contribution in [-0.2, 0) is 4.79 Å². The molecule has 0 aliphatic carbocycles. The topological polar surface area (TPSA) is 44.4 Å². The molecular formula is C10H21N3O. The Hall–Kier alpha value is -0.610. The van der Waals surface area contributed by atoms with E-state index in [4.69, 9.17) is 0 Å². The Morgan fingerprint density at radius 3 is 2.64 bits per heavy atom. The molecule has 0 saturated carbocycles. The van der Waals surface area contributed by atoms with Crippen molar-refractivity contribution < 1.29 is 4.79 Å². The molecule has 1 aliphatic heterocycles. The normalized spacial score (nSPS) is 19.6. The van der Waals surface area contributed by atoms with Gasteiger partial charge in [0.05, 0.1) is 6.04 Å². The van der Waals surface area contributed by atoms with E-state index >= 15 is 0 Å². The lowest BCUT2D eigenvalue weighted by Gasteiger charge is -2.17. The van der Waals surface area contributed by atoms with Crippen LogP contribution in [0, 0.1) is 0 Å². The van der Waals surface area contributed by atoms with E-state index in [0.29, 0.717) is 0 Å². The summed E-state index contributed by atoms with van der Waals surface area (Å²) in [5.74, 6) is 0.0615. The van der Waals surface area contributed by atoms with Crippen molar-refractivity contribution in [1.82, 2.24) is 15.5 Å². The lowest BCUT2D eigenvalue weighted by molar-refractivity contribution is -0.122. The van der Waals surface area contributed by atoms with Crippen molar-refractivity contribution in [3.63, 3.8) is 0 Å². The molecule has 0 aromatic carbocycles. The van der Waals surface area contributed by atoms with E-state index in [2.05, 4.69) is 15.5 Å². The summed E-state index contributed by atoms with van der Waals surface area (Å²) < 4.78 is 0. The van der Waals surface area contributed by atoms with Crippen LogP contribution in [0.25, 0.3) is 0 Å². The number of likely N-dealkylation sites (N-methyl/N-ethyl adjacent to an activating group) is 1. The minimum atomic E-state index is -0.0809. The van der Waals surface area contributed by atoms with Gasteiger partial charge in [0.25, 0.3) is 0 Å². The summed E-state index contributed by atoms with van der Waals surface area (Å²) in [6.07, 6.45) is 2.65. The standard InChI is InChI=1S/C10H21N3O/c1-9(10(14)11-2)12-5-8-13-6-3-4-7-13/h9,12H,3-8H2,1-2H3,(H,11,14). The van der Waals surface area contributed by atoms with Crippen molar-refractivity contribution in [1.29, 1.82) is 0 Å². The average molecular weight is 199 g/mol. The highest BCUT2D eigenvalue weighted by molar-refractivity contribution is 5.80. The predicted octanol–water partition coefficient (Wildman–Crippen LogP) is -0.194.